The molecule has 0 saturated carbocycles. The Morgan fingerprint density at radius 3 is 2.41 bits per heavy atom. The molecule has 2 N–H and O–H groups in total. The topological polar surface area (TPSA) is 45.8 Å². The van der Waals surface area contributed by atoms with E-state index in [0.717, 1.165) is 59.1 Å². The molecule has 1 atom stereocenters. The van der Waals surface area contributed by atoms with Crippen molar-refractivity contribution in [3.63, 3.8) is 0 Å². The van der Waals surface area contributed by atoms with Crippen molar-refractivity contribution in [2.75, 3.05) is 59.1 Å². The first-order valence-electron chi connectivity index (χ1n) is 11.2. The number of rotatable bonds is 14. The lowest BCUT2D eigenvalue weighted by Crippen LogP contribution is -2.48. The van der Waals surface area contributed by atoms with Gasteiger partial charge in [-0.25, -0.2) is 0 Å². The van der Waals surface area contributed by atoms with Crippen molar-refractivity contribution in [2.24, 2.45) is 5.41 Å². The second-order valence-electron chi connectivity index (χ2n) is 9.52. The van der Waals surface area contributed by atoms with E-state index < -0.39 is 0 Å². The Morgan fingerprint density at radius 1 is 1.07 bits per heavy atom. The lowest BCUT2D eigenvalue weighted by molar-refractivity contribution is -0.0356. The van der Waals surface area contributed by atoms with E-state index in [-0.39, 0.29) is 5.54 Å². The Morgan fingerprint density at radius 2 is 1.78 bits per heavy atom. The van der Waals surface area contributed by atoms with Gasteiger partial charge < -0.3 is 20.1 Å². The van der Waals surface area contributed by atoms with Crippen molar-refractivity contribution in [1.29, 1.82) is 0 Å². The van der Waals surface area contributed by atoms with Crippen molar-refractivity contribution in [3.8, 4) is 0 Å². The van der Waals surface area contributed by atoms with E-state index in [0.29, 0.717) is 11.5 Å². The standard InChI is InChI=1S/C22H47N3O2/c1-7-9-22(6,10-8-2)19-23-17-20-18-25(13-16-27-20)12-15-26-14-11-24-21(3,4)5/h20,23-24H,7-19H2,1-6H3. The fraction of sp³-hybridized carbons (Fsp3) is 1.00. The molecule has 1 aliphatic heterocycles. The van der Waals surface area contributed by atoms with Gasteiger partial charge >= 0.3 is 0 Å². The van der Waals surface area contributed by atoms with Crippen LogP contribution in [0.1, 0.15) is 67.2 Å². The molecule has 27 heavy (non-hydrogen) atoms. The lowest BCUT2D eigenvalue weighted by atomic mass is 9.81. The van der Waals surface area contributed by atoms with Crippen molar-refractivity contribution >= 4 is 0 Å². The first-order chi connectivity index (χ1) is 12.8. The van der Waals surface area contributed by atoms with E-state index in [1.54, 1.807) is 0 Å². The van der Waals surface area contributed by atoms with Gasteiger partial charge in [0.1, 0.15) is 0 Å². The lowest BCUT2D eigenvalue weighted by Gasteiger charge is -2.34. The monoisotopic (exact) mass is 385 g/mol. The van der Waals surface area contributed by atoms with Crippen molar-refractivity contribution < 1.29 is 9.47 Å². The summed E-state index contributed by atoms with van der Waals surface area (Å²) < 4.78 is 11.8. The van der Waals surface area contributed by atoms with Crippen LogP contribution in [0.3, 0.4) is 0 Å². The Labute approximate surface area is 168 Å². The highest BCUT2D eigenvalue weighted by atomic mass is 16.5. The molecule has 0 aromatic rings. The minimum Gasteiger partial charge on any atom is -0.379 e. The molecule has 0 radical (unpaired) electrons. The molecular weight excluding hydrogens is 338 g/mol. The summed E-state index contributed by atoms with van der Waals surface area (Å²) in [6.07, 6.45) is 5.42. The molecule has 1 fully saturated rings. The SMILES string of the molecule is CCCC(C)(CCC)CNCC1CN(CCOCCNC(C)(C)C)CCO1. The number of nitrogens with one attached hydrogen (secondary N) is 2. The van der Waals surface area contributed by atoms with Crippen molar-refractivity contribution in [1.82, 2.24) is 15.5 Å². The molecule has 1 unspecified atom stereocenters. The van der Waals surface area contributed by atoms with E-state index in [9.17, 15) is 0 Å². The fourth-order valence-electron chi connectivity index (χ4n) is 3.94. The molecule has 0 amide bonds. The van der Waals surface area contributed by atoms with E-state index in [4.69, 9.17) is 9.47 Å². The highest BCUT2D eigenvalue weighted by Gasteiger charge is 2.24. The maximum absolute atomic E-state index is 5.97. The molecule has 0 aromatic carbocycles. The average molecular weight is 386 g/mol. The minimum absolute atomic E-state index is 0.165. The molecule has 5 nitrogen and oxygen atoms in total. The van der Waals surface area contributed by atoms with Crippen LogP contribution in [0.4, 0.5) is 0 Å². The van der Waals surface area contributed by atoms with E-state index in [1.807, 2.05) is 0 Å². The number of hydrogen-bond acceptors (Lipinski definition) is 5. The molecular formula is C22H47N3O2. The molecule has 1 heterocycles. The molecule has 0 bridgehead atoms. The zero-order valence-electron chi connectivity index (χ0n) is 19.0. The van der Waals surface area contributed by atoms with Crippen molar-refractivity contribution in [3.05, 3.63) is 0 Å². The number of ether oxygens (including phenoxy) is 2. The van der Waals surface area contributed by atoms with Gasteiger partial charge in [-0.15, -0.1) is 0 Å². The Hall–Kier alpha value is -0.200. The fourth-order valence-corrected chi connectivity index (χ4v) is 3.94. The third-order valence-corrected chi connectivity index (χ3v) is 5.31. The van der Waals surface area contributed by atoms with Crippen LogP contribution in [0.2, 0.25) is 0 Å². The van der Waals surface area contributed by atoms with Gasteiger partial charge in [0.15, 0.2) is 0 Å². The molecule has 0 aromatic heterocycles. The Bertz CT molecular complexity index is 365. The van der Waals surface area contributed by atoms with Gasteiger partial charge in [0.2, 0.25) is 0 Å². The largest absolute Gasteiger partial charge is 0.379 e. The zero-order valence-corrected chi connectivity index (χ0v) is 19.0. The van der Waals surface area contributed by atoms with E-state index in [1.165, 1.54) is 25.7 Å². The smallest absolute Gasteiger partial charge is 0.0826 e. The first kappa shape index (κ1) is 24.8. The first-order valence-corrected chi connectivity index (χ1v) is 11.2. The summed E-state index contributed by atoms with van der Waals surface area (Å²) in [7, 11) is 0. The van der Waals surface area contributed by atoms with Crippen LogP contribution in [-0.4, -0.2) is 75.6 Å². The molecule has 1 aliphatic rings. The Kier molecular flexibility index (Phi) is 12.1. The van der Waals surface area contributed by atoms with Gasteiger partial charge in [-0.1, -0.05) is 33.6 Å². The summed E-state index contributed by atoms with van der Waals surface area (Å²) in [6.45, 7) is 21.9. The van der Waals surface area contributed by atoms with Crippen LogP contribution in [0.25, 0.3) is 0 Å². The summed E-state index contributed by atoms with van der Waals surface area (Å²) in [4.78, 5) is 2.48. The summed E-state index contributed by atoms with van der Waals surface area (Å²) in [5, 5.41) is 7.15. The summed E-state index contributed by atoms with van der Waals surface area (Å²) in [5.41, 5.74) is 0.588. The average Bonchev–Trinajstić information content (AvgIpc) is 2.58. The maximum atomic E-state index is 5.97. The van der Waals surface area contributed by atoms with Crippen LogP contribution in [0.5, 0.6) is 0 Å². The molecule has 162 valence electrons. The van der Waals surface area contributed by atoms with Crippen LogP contribution >= 0.6 is 0 Å². The van der Waals surface area contributed by atoms with Gasteiger partial charge in [0.25, 0.3) is 0 Å². The third kappa shape index (κ3) is 12.1. The van der Waals surface area contributed by atoms with Crippen LogP contribution in [-0.2, 0) is 9.47 Å². The van der Waals surface area contributed by atoms with Gasteiger partial charge in [-0.3, -0.25) is 4.90 Å². The van der Waals surface area contributed by atoms with E-state index in [2.05, 4.69) is 57.1 Å². The number of nitrogens with zero attached hydrogens (tertiary/aromatic N) is 1. The van der Waals surface area contributed by atoms with Gasteiger partial charge in [0.05, 0.1) is 25.9 Å². The summed E-state index contributed by atoms with van der Waals surface area (Å²) >= 11 is 0. The molecule has 1 saturated heterocycles. The molecule has 0 aliphatic carbocycles. The van der Waals surface area contributed by atoms with Crippen LogP contribution < -0.4 is 10.6 Å². The molecule has 5 heteroatoms. The third-order valence-electron chi connectivity index (χ3n) is 5.31. The normalized spacial score (nSPS) is 19.6. The van der Waals surface area contributed by atoms with Crippen molar-refractivity contribution in [2.45, 2.75) is 78.9 Å². The highest BCUT2D eigenvalue weighted by molar-refractivity contribution is 4.79. The van der Waals surface area contributed by atoms with Gasteiger partial charge in [0, 0.05) is 44.8 Å². The van der Waals surface area contributed by atoms with Crippen LogP contribution in [0, 0.1) is 5.41 Å². The van der Waals surface area contributed by atoms with E-state index >= 15 is 0 Å². The quantitative estimate of drug-likeness (QED) is 0.449. The number of hydrogen-bond donors (Lipinski definition) is 2. The minimum atomic E-state index is 0.165. The number of morpholine rings is 1. The predicted molar refractivity (Wildman–Crippen MR) is 116 cm³/mol. The zero-order chi connectivity index (χ0) is 20.2. The second-order valence-corrected chi connectivity index (χ2v) is 9.52. The predicted octanol–water partition coefficient (Wildman–Crippen LogP) is 3.29. The van der Waals surface area contributed by atoms with Gasteiger partial charge in [-0.05, 0) is 39.0 Å². The summed E-state index contributed by atoms with van der Waals surface area (Å²) in [5.74, 6) is 0. The van der Waals surface area contributed by atoms with Crippen LogP contribution in [0.15, 0.2) is 0 Å². The van der Waals surface area contributed by atoms with Gasteiger partial charge in [-0.2, -0.15) is 0 Å². The maximum Gasteiger partial charge on any atom is 0.0826 e. The molecule has 1 rings (SSSR count). The molecule has 0 spiro atoms. The Balaban J connectivity index is 2.17. The summed E-state index contributed by atoms with van der Waals surface area (Å²) in [6, 6.07) is 0. The highest BCUT2D eigenvalue weighted by Crippen LogP contribution is 2.28. The second kappa shape index (κ2) is 13.1.